The predicted molar refractivity (Wildman–Crippen MR) is 63.3 cm³/mol. The van der Waals surface area contributed by atoms with Gasteiger partial charge in [0.05, 0.1) is 13.0 Å². The van der Waals surface area contributed by atoms with Crippen LogP contribution in [-0.2, 0) is 28.8 Å². The van der Waals surface area contributed by atoms with Gasteiger partial charge in [0.1, 0.15) is 0 Å². The Balaban J connectivity index is 2.17. The Kier molecular flexibility index (Phi) is 3.09. The maximum atomic E-state index is 11.5. The number of fused-ring (bicyclic) bond motifs is 1. The highest BCUT2D eigenvalue weighted by Gasteiger charge is 2.27. The van der Waals surface area contributed by atoms with Crippen LogP contribution in [-0.4, -0.2) is 13.1 Å². The molecule has 2 nitrogen and oxygen atoms in total. The second kappa shape index (κ2) is 4.52. The zero-order valence-electron chi connectivity index (χ0n) is 9.53. The van der Waals surface area contributed by atoms with Gasteiger partial charge in [0.15, 0.2) is 0 Å². The van der Waals surface area contributed by atoms with E-state index in [4.69, 9.17) is 4.74 Å². The van der Waals surface area contributed by atoms with Gasteiger partial charge in [-0.2, -0.15) is 0 Å². The molecular formula is C14H16O2. The molecule has 1 aromatic rings. The quantitative estimate of drug-likeness (QED) is 0.572. The van der Waals surface area contributed by atoms with Crippen LogP contribution in [0.15, 0.2) is 30.9 Å². The molecule has 0 radical (unpaired) electrons. The first-order valence-corrected chi connectivity index (χ1v) is 5.54. The van der Waals surface area contributed by atoms with Gasteiger partial charge in [0, 0.05) is 0 Å². The van der Waals surface area contributed by atoms with Crippen molar-refractivity contribution in [2.45, 2.75) is 19.3 Å². The maximum absolute atomic E-state index is 11.5. The van der Waals surface area contributed by atoms with Crippen LogP contribution in [0.3, 0.4) is 0 Å². The van der Waals surface area contributed by atoms with E-state index in [0.717, 1.165) is 19.3 Å². The highest BCUT2D eigenvalue weighted by molar-refractivity contribution is 5.74. The molecule has 1 atom stereocenters. The lowest BCUT2D eigenvalue weighted by Crippen LogP contribution is -2.15. The van der Waals surface area contributed by atoms with Crippen LogP contribution in [0.4, 0.5) is 0 Å². The fraction of sp³-hybridized carbons (Fsp3) is 0.357. The second-order valence-electron chi connectivity index (χ2n) is 4.22. The SMILES string of the molecule is C=CCc1ccc2c(c1)CC(C(=O)OC)C2. The molecule has 2 heteroatoms. The Labute approximate surface area is 95.9 Å². The average molecular weight is 216 g/mol. The lowest BCUT2D eigenvalue weighted by Gasteiger charge is -2.04. The summed E-state index contributed by atoms with van der Waals surface area (Å²) in [5.74, 6) is -0.0829. The van der Waals surface area contributed by atoms with Crippen molar-refractivity contribution in [3.05, 3.63) is 47.5 Å². The average Bonchev–Trinajstić information content (AvgIpc) is 2.71. The van der Waals surface area contributed by atoms with Crippen LogP contribution in [0.25, 0.3) is 0 Å². The summed E-state index contributed by atoms with van der Waals surface area (Å²) in [5, 5.41) is 0. The van der Waals surface area contributed by atoms with Crippen LogP contribution < -0.4 is 0 Å². The Morgan fingerprint density at radius 2 is 2.25 bits per heavy atom. The molecule has 0 aromatic heterocycles. The monoisotopic (exact) mass is 216 g/mol. The number of hydrogen-bond acceptors (Lipinski definition) is 2. The number of carbonyl (C=O) groups excluding carboxylic acids is 1. The zero-order chi connectivity index (χ0) is 11.5. The van der Waals surface area contributed by atoms with Gasteiger partial charge in [-0.3, -0.25) is 4.79 Å². The second-order valence-corrected chi connectivity index (χ2v) is 4.22. The Hall–Kier alpha value is -1.57. The molecule has 0 saturated carbocycles. The summed E-state index contributed by atoms with van der Waals surface area (Å²) in [6, 6.07) is 6.41. The fourth-order valence-corrected chi connectivity index (χ4v) is 2.30. The maximum Gasteiger partial charge on any atom is 0.309 e. The third-order valence-electron chi connectivity index (χ3n) is 3.12. The van der Waals surface area contributed by atoms with E-state index in [9.17, 15) is 4.79 Å². The standard InChI is InChI=1S/C14H16O2/c1-3-4-10-5-6-11-8-13(14(15)16-2)9-12(11)7-10/h3,5-7,13H,1,4,8-9H2,2H3. The van der Waals surface area contributed by atoms with Gasteiger partial charge < -0.3 is 4.74 Å². The third-order valence-corrected chi connectivity index (χ3v) is 3.12. The molecule has 1 unspecified atom stereocenters. The topological polar surface area (TPSA) is 26.3 Å². The van der Waals surface area contributed by atoms with Crippen LogP contribution in [0, 0.1) is 5.92 Å². The van der Waals surface area contributed by atoms with Gasteiger partial charge in [0.25, 0.3) is 0 Å². The molecule has 0 heterocycles. The van der Waals surface area contributed by atoms with E-state index in [1.165, 1.54) is 23.8 Å². The molecule has 0 amide bonds. The van der Waals surface area contributed by atoms with E-state index in [1.807, 2.05) is 6.08 Å². The third kappa shape index (κ3) is 2.01. The van der Waals surface area contributed by atoms with Crippen molar-refractivity contribution in [2.75, 3.05) is 7.11 Å². The van der Waals surface area contributed by atoms with E-state index < -0.39 is 0 Å². The minimum Gasteiger partial charge on any atom is -0.469 e. The molecule has 1 aromatic carbocycles. The molecule has 84 valence electrons. The number of methoxy groups -OCH3 is 1. The Morgan fingerprint density at radius 3 is 2.94 bits per heavy atom. The van der Waals surface area contributed by atoms with Gasteiger partial charge in [-0.15, -0.1) is 6.58 Å². The summed E-state index contributed by atoms with van der Waals surface area (Å²) in [7, 11) is 1.45. The van der Waals surface area contributed by atoms with Crippen LogP contribution in [0.5, 0.6) is 0 Å². The van der Waals surface area contributed by atoms with Gasteiger partial charge in [-0.1, -0.05) is 24.3 Å². The van der Waals surface area contributed by atoms with Gasteiger partial charge >= 0.3 is 5.97 Å². The van der Waals surface area contributed by atoms with E-state index in [0.29, 0.717) is 0 Å². The molecule has 0 N–H and O–H groups in total. The highest BCUT2D eigenvalue weighted by atomic mass is 16.5. The summed E-state index contributed by atoms with van der Waals surface area (Å²) >= 11 is 0. The number of carbonyl (C=O) groups is 1. The van der Waals surface area contributed by atoms with Crippen molar-refractivity contribution in [1.82, 2.24) is 0 Å². The minimum atomic E-state index is -0.0959. The van der Waals surface area contributed by atoms with Gasteiger partial charge in [0.2, 0.25) is 0 Å². The summed E-state index contributed by atoms with van der Waals surface area (Å²) in [5.41, 5.74) is 3.83. The predicted octanol–water partition coefficient (Wildman–Crippen LogP) is 2.30. The Bertz CT molecular complexity index is 421. The molecule has 1 aliphatic rings. The first kappa shape index (κ1) is 10.9. The normalized spacial score (nSPS) is 17.9. The van der Waals surface area contributed by atoms with E-state index in [-0.39, 0.29) is 11.9 Å². The van der Waals surface area contributed by atoms with E-state index >= 15 is 0 Å². The number of allylic oxidation sites excluding steroid dienone is 1. The number of esters is 1. The Morgan fingerprint density at radius 1 is 1.50 bits per heavy atom. The van der Waals surface area contributed by atoms with E-state index in [1.54, 1.807) is 0 Å². The smallest absolute Gasteiger partial charge is 0.309 e. The summed E-state index contributed by atoms with van der Waals surface area (Å²) in [6.45, 7) is 3.73. The first-order valence-electron chi connectivity index (χ1n) is 5.54. The molecule has 0 saturated heterocycles. The number of ether oxygens (including phenoxy) is 1. The largest absolute Gasteiger partial charge is 0.469 e. The van der Waals surface area contributed by atoms with Crippen molar-refractivity contribution in [3.63, 3.8) is 0 Å². The van der Waals surface area contributed by atoms with Crippen molar-refractivity contribution in [2.24, 2.45) is 5.92 Å². The molecular weight excluding hydrogens is 200 g/mol. The van der Waals surface area contributed by atoms with E-state index in [2.05, 4.69) is 24.8 Å². The summed E-state index contributed by atoms with van der Waals surface area (Å²) in [6.07, 6.45) is 4.41. The van der Waals surface area contributed by atoms with Gasteiger partial charge in [-0.05, 0) is 36.0 Å². The first-order chi connectivity index (χ1) is 7.74. The zero-order valence-corrected chi connectivity index (χ0v) is 9.53. The highest BCUT2D eigenvalue weighted by Crippen LogP contribution is 2.28. The van der Waals surface area contributed by atoms with Crippen molar-refractivity contribution in [3.8, 4) is 0 Å². The summed E-state index contributed by atoms with van der Waals surface area (Å²) < 4.78 is 4.79. The summed E-state index contributed by atoms with van der Waals surface area (Å²) in [4.78, 5) is 11.5. The molecule has 1 aliphatic carbocycles. The number of rotatable bonds is 3. The molecule has 0 aliphatic heterocycles. The van der Waals surface area contributed by atoms with Crippen molar-refractivity contribution >= 4 is 5.97 Å². The molecule has 0 fully saturated rings. The van der Waals surface area contributed by atoms with Crippen LogP contribution in [0.1, 0.15) is 16.7 Å². The fourth-order valence-electron chi connectivity index (χ4n) is 2.30. The number of hydrogen-bond donors (Lipinski definition) is 0. The van der Waals surface area contributed by atoms with Crippen LogP contribution in [0.2, 0.25) is 0 Å². The molecule has 0 bridgehead atoms. The minimum absolute atomic E-state index is 0.0129. The molecule has 0 spiro atoms. The van der Waals surface area contributed by atoms with Gasteiger partial charge in [-0.25, -0.2) is 0 Å². The van der Waals surface area contributed by atoms with Crippen LogP contribution >= 0.6 is 0 Å². The lowest BCUT2D eigenvalue weighted by molar-refractivity contribution is -0.145. The lowest BCUT2D eigenvalue weighted by atomic mass is 10.0. The number of benzene rings is 1. The van der Waals surface area contributed by atoms with Crippen molar-refractivity contribution in [1.29, 1.82) is 0 Å². The molecule has 2 rings (SSSR count). The molecule has 16 heavy (non-hydrogen) atoms. The van der Waals surface area contributed by atoms with Crippen molar-refractivity contribution < 1.29 is 9.53 Å².